The number of carbonyl (C=O) groups is 2. The van der Waals surface area contributed by atoms with Crippen molar-refractivity contribution in [3.8, 4) is 17.0 Å². The molecule has 1 N–H and O–H groups in total. The maximum atomic E-state index is 11.1. The molecular formula is C27H32N2O4S2. The average Bonchev–Trinajstić information content (AvgIpc) is 3.03. The molecule has 2 aromatic rings. The number of carbonyl (C=O) groups excluding carboxylic acids is 1. The molecule has 1 saturated heterocycles. The van der Waals surface area contributed by atoms with Gasteiger partial charge in [-0.15, -0.1) is 0 Å². The third-order valence-corrected chi connectivity index (χ3v) is 7.95. The Kier molecular flexibility index (Phi) is 7.77. The van der Waals surface area contributed by atoms with Crippen molar-refractivity contribution in [3.05, 3.63) is 58.6 Å². The van der Waals surface area contributed by atoms with E-state index < -0.39 is 11.9 Å². The van der Waals surface area contributed by atoms with Crippen LogP contribution in [-0.4, -0.2) is 44.8 Å². The Morgan fingerprint density at radius 1 is 1.20 bits per heavy atom. The number of aliphatic carboxylic acids is 1. The Labute approximate surface area is 216 Å². The summed E-state index contributed by atoms with van der Waals surface area (Å²) in [7, 11) is 1.69. The number of rotatable bonds is 4. The van der Waals surface area contributed by atoms with Crippen molar-refractivity contribution in [1.29, 1.82) is 0 Å². The molecule has 1 aromatic carbocycles. The molecule has 2 heterocycles. The first kappa shape index (κ1) is 26.9. The number of ether oxygens (including phenoxy) is 1. The van der Waals surface area contributed by atoms with Crippen LogP contribution in [0.3, 0.4) is 0 Å². The number of thioether (sulfide) groups is 1. The van der Waals surface area contributed by atoms with E-state index in [2.05, 4.69) is 64.4 Å². The van der Waals surface area contributed by atoms with Crippen LogP contribution in [0.1, 0.15) is 57.2 Å². The summed E-state index contributed by atoms with van der Waals surface area (Å²) in [5.41, 5.74) is 7.03. The third-order valence-electron chi connectivity index (χ3n) is 6.66. The van der Waals surface area contributed by atoms with Gasteiger partial charge in [-0.05, 0) is 71.0 Å². The van der Waals surface area contributed by atoms with Crippen LogP contribution in [0.25, 0.3) is 11.1 Å². The summed E-state index contributed by atoms with van der Waals surface area (Å²) >= 11 is 5.79. The number of hydrogen-bond acceptors (Lipinski definition) is 6. The second-order valence-electron chi connectivity index (χ2n) is 10.1. The number of carboxylic acid groups (broad SMARTS) is 1. The van der Waals surface area contributed by atoms with E-state index in [-0.39, 0.29) is 26.6 Å². The number of amides is 1. The van der Waals surface area contributed by atoms with Gasteiger partial charge in [-0.2, -0.15) is 0 Å². The molecule has 1 fully saturated rings. The maximum absolute atomic E-state index is 11.1. The summed E-state index contributed by atoms with van der Waals surface area (Å²) in [4.78, 5) is 27.0. The zero-order chi connectivity index (χ0) is 26.1. The van der Waals surface area contributed by atoms with Crippen LogP contribution in [0, 0.1) is 6.92 Å². The number of thiocarbonyl (C=S) groups is 1. The molecule has 0 bridgehead atoms. The van der Waals surface area contributed by atoms with Crippen LogP contribution in [-0.2, 0) is 20.4 Å². The van der Waals surface area contributed by atoms with E-state index in [9.17, 15) is 9.59 Å². The second kappa shape index (κ2) is 10.1. The Balaban J connectivity index is 0.000000241. The SMILES string of the molecule is C=C1SC(=S)N(CC(=O)O)C1=O.COc1ncccc1-c1cc2c(cc1C)C(C)(C)CCC2(C)C. The van der Waals surface area contributed by atoms with Crippen LogP contribution in [0.2, 0.25) is 0 Å². The van der Waals surface area contributed by atoms with E-state index in [0.717, 1.165) is 22.2 Å². The molecule has 186 valence electrons. The van der Waals surface area contributed by atoms with Crippen molar-refractivity contribution in [2.45, 2.75) is 58.3 Å². The highest BCUT2D eigenvalue weighted by molar-refractivity contribution is 8.26. The summed E-state index contributed by atoms with van der Waals surface area (Å²) in [5, 5.41) is 8.40. The molecule has 0 spiro atoms. The van der Waals surface area contributed by atoms with Crippen molar-refractivity contribution < 1.29 is 19.4 Å². The molecule has 6 nitrogen and oxygen atoms in total. The quantitative estimate of drug-likeness (QED) is 0.406. The highest BCUT2D eigenvalue weighted by atomic mass is 32.2. The predicted octanol–water partition coefficient (Wildman–Crippen LogP) is 5.86. The Morgan fingerprint density at radius 2 is 1.80 bits per heavy atom. The van der Waals surface area contributed by atoms with E-state index in [1.807, 2.05) is 6.07 Å². The van der Waals surface area contributed by atoms with Crippen LogP contribution in [0.5, 0.6) is 5.88 Å². The van der Waals surface area contributed by atoms with Gasteiger partial charge >= 0.3 is 5.97 Å². The van der Waals surface area contributed by atoms with Gasteiger partial charge in [-0.25, -0.2) is 4.98 Å². The van der Waals surface area contributed by atoms with Gasteiger partial charge in [0.05, 0.1) is 12.0 Å². The second-order valence-corrected chi connectivity index (χ2v) is 11.8. The molecule has 0 atom stereocenters. The maximum Gasteiger partial charge on any atom is 0.323 e. The van der Waals surface area contributed by atoms with Crippen LogP contribution in [0.4, 0.5) is 0 Å². The topological polar surface area (TPSA) is 79.7 Å². The standard InChI is InChI=1S/C21H27NO.C6H5NO3S2/c1-14-12-17-18(21(4,5)10-9-20(17,2)3)13-16(14)15-8-7-11-22-19(15)23-6;1-3-5(10)7(2-4(8)9)6(11)12-3/h7-8,11-13H,9-10H2,1-6H3;1-2H2,(H,8,9). The lowest BCUT2D eigenvalue weighted by Crippen LogP contribution is -2.34. The summed E-state index contributed by atoms with van der Waals surface area (Å²) in [6.45, 7) is 14.7. The molecular weight excluding hydrogens is 480 g/mol. The number of hydrogen-bond donors (Lipinski definition) is 1. The predicted molar refractivity (Wildman–Crippen MR) is 145 cm³/mol. The highest BCUT2D eigenvalue weighted by Crippen LogP contribution is 2.48. The first-order chi connectivity index (χ1) is 16.3. The molecule has 4 rings (SSSR count). The summed E-state index contributed by atoms with van der Waals surface area (Å²) < 4.78 is 5.74. The van der Waals surface area contributed by atoms with Gasteiger partial charge in [0.25, 0.3) is 5.91 Å². The molecule has 1 amide bonds. The van der Waals surface area contributed by atoms with Crippen LogP contribution in [0.15, 0.2) is 41.9 Å². The third kappa shape index (κ3) is 5.59. The Bertz CT molecular complexity index is 1200. The largest absolute Gasteiger partial charge is 0.481 e. The zero-order valence-corrected chi connectivity index (χ0v) is 22.7. The lowest BCUT2D eigenvalue weighted by molar-refractivity contribution is -0.140. The first-order valence-electron chi connectivity index (χ1n) is 11.4. The first-order valence-corrected chi connectivity index (χ1v) is 12.6. The normalized spacial score (nSPS) is 18.0. The number of pyridine rings is 1. The fourth-order valence-corrected chi connectivity index (χ4v) is 5.60. The summed E-state index contributed by atoms with van der Waals surface area (Å²) in [5.74, 6) is -0.795. The molecule has 35 heavy (non-hydrogen) atoms. The highest BCUT2D eigenvalue weighted by Gasteiger charge is 2.37. The Hall–Kier alpha value is -2.71. The Morgan fingerprint density at radius 3 is 2.31 bits per heavy atom. The van der Waals surface area contributed by atoms with Crippen molar-refractivity contribution >= 4 is 40.2 Å². The van der Waals surface area contributed by atoms with Gasteiger partial charge in [-0.3, -0.25) is 14.5 Å². The van der Waals surface area contributed by atoms with Crippen LogP contribution < -0.4 is 4.74 Å². The van der Waals surface area contributed by atoms with Gasteiger partial charge in [0, 0.05) is 11.8 Å². The smallest absolute Gasteiger partial charge is 0.323 e. The number of aromatic nitrogens is 1. The van der Waals surface area contributed by atoms with E-state index in [1.165, 1.54) is 35.1 Å². The number of nitrogens with zero attached hydrogens (tertiary/aromatic N) is 2. The lowest BCUT2D eigenvalue weighted by Gasteiger charge is -2.42. The van der Waals surface area contributed by atoms with Gasteiger partial charge in [-0.1, -0.05) is 64.3 Å². The van der Waals surface area contributed by atoms with Gasteiger partial charge < -0.3 is 9.84 Å². The number of carboxylic acids is 1. The van der Waals surface area contributed by atoms with Gasteiger partial charge in [0.2, 0.25) is 5.88 Å². The van der Waals surface area contributed by atoms with Crippen molar-refractivity contribution in [1.82, 2.24) is 9.88 Å². The fraction of sp³-hybridized carbons (Fsp3) is 0.407. The van der Waals surface area contributed by atoms with Crippen LogP contribution >= 0.6 is 24.0 Å². The molecule has 1 aliphatic heterocycles. The molecule has 0 saturated carbocycles. The van der Waals surface area contributed by atoms with Gasteiger partial charge in [0.15, 0.2) is 0 Å². The fourth-order valence-electron chi connectivity index (χ4n) is 4.48. The number of benzene rings is 1. The molecule has 0 radical (unpaired) electrons. The minimum absolute atomic E-state index is 0.211. The minimum atomic E-state index is -1.08. The summed E-state index contributed by atoms with van der Waals surface area (Å²) in [6, 6.07) is 8.84. The van der Waals surface area contributed by atoms with E-state index >= 15 is 0 Å². The van der Waals surface area contributed by atoms with Crippen molar-refractivity contribution in [2.75, 3.05) is 13.7 Å². The van der Waals surface area contributed by atoms with E-state index in [1.54, 1.807) is 13.3 Å². The van der Waals surface area contributed by atoms with Crippen molar-refractivity contribution in [2.24, 2.45) is 0 Å². The van der Waals surface area contributed by atoms with Gasteiger partial charge in [0.1, 0.15) is 10.9 Å². The zero-order valence-electron chi connectivity index (χ0n) is 21.1. The minimum Gasteiger partial charge on any atom is -0.481 e. The monoisotopic (exact) mass is 512 g/mol. The molecule has 1 aromatic heterocycles. The van der Waals surface area contributed by atoms with E-state index in [0.29, 0.717) is 5.88 Å². The average molecular weight is 513 g/mol. The van der Waals surface area contributed by atoms with E-state index in [4.69, 9.17) is 22.1 Å². The number of aryl methyl sites for hydroxylation is 1. The molecule has 1 aliphatic carbocycles. The lowest BCUT2D eigenvalue weighted by atomic mass is 9.62. The number of methoxy groups -OCH3 is 1. The van der Waals surface area contributed by atoms with Crippen molar-refractivity contribution in [3.63, 3.8) is 0 Å². The summed E-state index contributed by atoms with van der Waals surface area (Å²) in [6.07, 6.45) is 4.24. The molecule has 8 heteroatoms. The number of fused-ring (bicyclic) bond motifs is 1. The molecule has 2 aliphatic rings. The molecule has 0 unspecified atom stereocenters.